The van der Waals surface area contributed by atoms with Gasteiger partial charge in [0.05, 0.1) is 16.7 Å². The summed E-state index contributed by atoms with van der Waals surface area (Å²) in [4.78, 5) is 22.1. The number of hydrogen-bond acceptors (Lipinski definition) is 7. The minimum Gasteiger partial charge on any atom is -0.425 e. The van der Waals surface area contributed by atoms with Gasteiger partial charge < -0.3 is 4.42 Å². The molecule has 0 aliphatic carbocycles. The van der Waals surface area contributed by atoms with Crippen LogP contribution in [0.5, 0.6) is 0 Å². The molecule has 0 amide bonds. The van der Waals surface area contributed by atoms with Gasteiger partial charge >= 0.3 is 0 Å². The van der Waals surface area contributed by atoms with Crippen LogP contribution in [0.4, 0.5) is 0 Å². The molecule has 4 aromatic rings. The third-order valence-electron chi connectivity index (χ3n) is 3.77. The number of fused-ring (bicyclic) bond motifs is 1. The van der Waals surface area contributed by atoms with Crippen LogP contribution in [0.1, 0.15) is 17.3 Å². The monoisotopic (exact) mass is 365 g/mol. The molecule has 0 N–H and O–H groups in total. The predicted octanol–water partition coefficient (Wildman–Crippen LogP) is 3.07. The molecular formula is C18H15N5O2S. The molecule has 3 aromatic heterocycles. The van der Waals surface area contributed by atoms with Crippen LogP contribution in [0.3, 0.4) is 0 Å². The first kappa shape index (κ1) is 16.5. The van der Waals surface area contributed by atoms with Crippen molar-refractivity contribution in [3.05, 3.63) is 70.3 Å². The molecule has 0 atom stereocenters. The predicted molar refractivity (Wildman–Crippen MR) is 98.5 cm³/mol. The third kappa shape index (κ3) is 3.11. The van der Waals surface area contributed by atoms with Gasteiger partial charge in [0, 0.05) is 13.1 Å². The van der Waals surface area contributed by atoms with Gasteiger partial charge in [-0.2, -0.15) is 0 Å². The average Bonchev–Trinajstić information content (AvgIpc) is 3.05. The van der Waals surface area contributed by atoms with Crippen LogP contribution in [0.2, 0.25) is 0 Å². The number of aromatic nitrogens is 5. The van der Waals surface area contributed by atoms with E-state index in [-0.39, 0.29) is 5.56 Å². The molecule has 0 radical (unpaired) electrons. The normalized spacial score (nSPS) is 11.2. The zero-order valence-electron chi connectivity index (χ0n) is 14.2. The maximum absolute atomic E-state index is 13.1. The van der Waals surface area contributed by atoms with Gasteiger partial charge in [-0.1, -0.05) is 23.9 Å². The van der Waals surface area contributed by atoms with Gasteiger partial charge in [-0.05, 0) is 36.8 Å². The summed E-state index contributed by atoms with van der Waals surface area (Å²) in [5.41, 5.74) is 1.50. The number of aryl methyl sites for hydroxylation is 2. The van der Waals surface area contributed by atoms with Crippen LogP contribution in [-0.2, 0) is 5.75 Å². The second-order valence-electron chi connectivity index (χ2n) is 5.75. The highest BCUT2D eigenvalue weighted by Gasteiger charge is 2.15. The second-order valence-corrected chi connectivity index (χ2v) is 6.69. The molecule has 7 nitrogen and oxygen atoms in total. The minimum absolute atomic E-state index is 0.155. The Morgan fingerprint density at radius 3 is 2.77 bits per heavy atom. The Morgan fingerprint density at radius 2 is 2.00 bits per heavy atom. The van der Waals surface area contributed by atoms with E-state index in [1.165, 1.54) is 16.3 Å². The lowest BCUT2D eigenvalue weighted by molar-refractivity contribution is 0.485. The zero-order chi connectivity index (χ0) is 18.1. The van der Waals surface area contributed by atoms with Gasteiger partial charge in [-0.25, -0.2) is 14.5 Å². The lowest BCUT2D eigenvalue weighted by Gasteiger charge is -2.12. The van der Waals surface area contributed by atoms with Crippen molar-refractivity contribution in [2.24, 2.45) is 0 Å². The minimum atomic E-state index is -0.155. The third-order valence-corrected chi connectivity index (χ3v) is 4.69. The highest BCUT2D eigenvalue weighted by Crippen LogP contribution is 2.23. The maximum Gasteiger partial charge on any atom is 0.267 e. The first-order chi connectivity index (χ1) is 12.6. The Labute approximate surface area is 153 Å². The highest BCUT2D eigenvalue weighted by molar-refractivity contribution is 7.98. The smallest absolute Gasteiger partial charge is 0.267 e. The molecule has 0 spiro atoms. The Bertz CT molecular complexity index is 1150. The van der Waals surface area contributed by atoms with Crippen LogP contribution in [0, 0.1) is 13.8 Å². The summed E-state index contributed by atoms with van der Waals surface area (Å²) >= 11 is 1.36. The topological polar surface area (TPSA) is 86.7 Å². The second kappa shape index (κ2) is 6.72. The Hall–Kier alpha value is -3.00. The molecule has 8 heteroatoms. The van der Waals surface area contributed by atoms with Crippen LogP contribution >= 0.6 is 11.8 Å². The molecule has 4 rings (SSSR count). The summed E-state index contributed by atoms with van der Waals surface area (Å²) in [6.45, 7) is 3.70. The number of benzene rings is 1. The van der Waals surface area contributed by atoms with Crippen molar-refractivity contribution < 1.29 is 4.42 Å². The first-order valence-electron chi connectivity index (χ1n) is 7.98. The van der Waals surface area contributed by atoms with E-state index < -0.39 is 0 Å². The summed E-state index contributed by atoms with van der Waals surface area (Å²) in [7, 11) is 0. The number of para-hydroxylation sites is 1. The number of nitrogens with zero attached hydrogens (tertiary/aromatic N) is 5. The summed E-state index contributed by atoms with van der Waals surface area (Å²) in [5, 5.41) is 8.90. The Morgan fingerprint density at radius 1 is 1.15 bits per heavy atom. The van der Waals surface area contributed by atoms with Gasteiger partial charge in [0.15, 0.2) is 5.16 Å². The first-order valence-corrected chi connectivity index (χ1v) is 8.97. The fourth-order valence-corrected chi connectivity index (χ4v) is 3.41. The molecule has 0 bridgehead atoms. The van der Waals surface area contributed by atoms with Gasteiger partial charge in [0.1, 0.15) is 5.82 Å². The largest absolute Gasteiger partial charge is 0.425 e. The van der Waals surface area contributed by atoms with Crippen molar-refractivity contribution in [2.75, 3.05) is 0 Å². The van der Waals surface area contributed by atoms with Crippen LogP contribution in [-0.4, -0.2) is 24.7 Å². The molecule has 0 aliphatic heterocycles. The van der Waals surface area contributed by atoms with Gasteiger partial charge in [-0.3, -0.25) is 4.79 Å². The van der Waals surface area contributed by atoms with Crippen molar-refractivity contribution >= 4 is 22.7 Å². The Kier molecular flexibility index (Phi) is 4.26. The van der Waals surface area contributed by atoms with E-state index >= 15 is 0 Å². The maximum atomic E-state index is 13.1. The lowest BCUT2D eigenvalue weighted by Crippen LogP contribution is -2.22. The summed E-state index contributed by atoms with van der Waals surface area (Å²) < 4.78 is 6.94. The van der Waals surface area contributed by atoms with Crippen molar-refractivity contribution in [3.8, 4) is 5.82 Å². The molecule has 0 saturated heterocycles. The highest BCUT2D eigenvalue weighted by atomic mass is 32.2. The van der Waals surface area contributed by atoms with Crippen LogP contribution < -0.4 is 5.56 Å². The van der Waals surface area contributed by atoms with Gasteiger partial charge in [-0.15, -0.1) is 10.2 Å². The van der Waals surface area contributed by atoms with E-state index in [2.05, 4.69) is 20.2 Å². The zero-order valence-corrected chi connectivity index (χ0v) is 15.0. The number of rotatable bonds is 4. The molecule has 3 heterocycles. The van der Waals surface area contributed by atoms with Gasteiger partial charge in [0.25, 0.3) is 5.56 Å². The van der Waals surface area contributed by atoms with Crippen molar-refractivity contribution in [1.29, 1.82) is 0 Å². The molecule has 0 saturated carbocycles. The van der Waals surface area contributed by atoms with E-state index in [0.717, 1.165) is 5.56 Å². The number of pyridine rings is 1. The van der Waals surface area contributed by atoms with Crippen molar-refractivity contribution in [2.45, 2.75) is 24.8 Å². The molecule has 0 unspecified atom stereocenters. The molecule has 130 valence electrons. The summed E-state index contributed by atoms with van der Waals surface area (Å²) in [5.74, 6) is 1.94. The van der Waals surface area contributed by atoms with E-state index in [0.29, 0.717) is 39.4 Å². The number of thioether (sulfide) groups is 1. The van der Waals surface area contributed by atoms with E-state index in [9.17, 15) is 4.79 Å². The van der Waals surface area contributed by atoms with Crippen LogP contribution in [0.25, 0.3) is 16.7 Å². The fraction of sp³-hybridized carbons (Fsp3) is 0.167. The molecular weight excluding hydrogens is 350 g/mol. The molecule has 0 aliphatic rings. The SMILES string of the molecule is Cc1ccnc(-n2c(SCc3nnc(C)o3)nc3ccccc3c2=O)c1. The lowest BCUT2D eigenvalue weighted by atomic mass is 10.2. The van der Waals surface area contributed by atoms with E-state index in [1.54, 1.807) is 19.2 Å². The average molecular weight is 365 g/mol. The van der Waals surface area contributed by atoms with Crippen molar-refractivity contribution in [1.82, 2.24) is 24.7 Å². The molecule has 0 fully saturated rings. The standard InChI is InChI=1S/C18H15N5O2S/c1-11-7-8-19-15(9-11)23-17(24)13-5-3-4-6-14(13)20-18(23)26-10-16-22-21-12(2)25-16/h3-9H,10H2,1-2H3. The van der Waals surface area contributed by atoms with E-state index in [4.69, 9.17) is 4.42 Å². The fourth-order valence-electron chi connectivity index (χ4n) is 2.58. The molecule has 26 heavy (non-hydrogen) atoms. The number of hydrogen-bond donors (Lipinski definition) is 0. The van der Waals surface area contributed by atoms with Gasteiger partial charge in [0.2, 0.25) is 11.8 Å². The summed E-state index contributed by atoms with van der Waals surface area (Å²) in [6.07, 6.45) is 1.68. The van der Waals surface area contributed by atoms with E-state index in [1.807, 2.05) is 37.3 Å². The quantitative estimate of drug-likeness (QED) is 0.406. The summed E-state index contributed by atoms with van der Waals surface area (Å²) in [6, 6.07) is 11.0. The Balaban J connectivity index is 1.86. The molecule has 1 aromatic carbocycles. The van der Waals surface area contributed by atoms with Crippen LogP contribution in [0.15, 0.2) is 57.0 Å². The van der Waals surface area contributed by atoms with Crippen molar-refractivity contribution in [3.63, 3.8) is 0 Å².